The molecule has 0 radical (unpaired) electrons. The van der Waals surface area contributed by atoms with Crippen LogP contribution in [0.1, 0.15) is 49.7 Å². The molecular weight excluding hydrogens is 254 g/mol. The fourth-order valence-corrected chi connectivity index (χ4v) is 2.96. The average Bonchev–Trinajstić information content (AvgIpc) is 2.33. The third kappa shape index (κ3) is 3.68. The van der Waals surface area contributed by atoms with Gasteiger partial charge in [0.1, 0.15) is 5.82 Å². The normalized spacial score (nSPS) is 22.6. The predicted octanol–water partition coefficient (Wildman–Crippen LogP) is 1.62. The third-order valence-corrected chi connectivity index (χ3v) is 3.98. The molecule has 0 saturated heterocycles. The van der Waals surface area contributed by atoms with Gasteiger partial charge in [-0.15, -0.1) is 0 Å². The van der Waals surface area contributed by atoms with E-state index in [0.29, 0.717) is 23.0 Å². The molecule has 1 aliphatic rings. The van der Waals surface area contributed by atoms with E-state index in [1.54, 1.807) is 13.8 Å². The van der Waals surface area contributed by atoms with E-state index < -0.39 is 0 Å². The molecule has 5 nitrogen and oxygen atoms in total. The van der Waals surface area contributed by atoms with Gasteiger partial charge in [-0.25, -0.2) is 4.98 Å². The van der Waals surface area contributed by atoms with E-state index in [1.807, 2.05) is 0 Å². The van der Waals surface area contributed by atoms with Crippen molar-refractivity contribution in [2.75, 3.05) is 0 Å². The molecule has 1 aromatic rings. The highest BCUT2D eigenvalue weighted by Gasteiger charge is 2.21. The number of aryl methyl sites for hydroxylation is 2. The minimum absolute atomic E-state index is 0.0802. The van der Waals surface area contributed by atoms with Gasteiger partial charge in [0.25, 0.3) is 5.56 Å². The first kappa shape index (κ1) is 14.8. The number of hydrogen-bond acceptors (Lipinski definition) is 3. The molecule has 2 rings (SSSR count). The predicted molar refractivity (Wildman–Crippen MR) is 77.6 cm³/mol. The standard InChI is InChI=1S/C15H23N3O2/c1-9-5-4-6-12(7-9)18-14(19)8-13-10(2)16-11(3)17-15(13)20/h9,12H,4-8H2,1-3H3,(H,18,19)(H,16,17,20)/t9-,12+/m0/s1. The number of carbonyl (C=O) groups excluding carboxylic acids is 1. The van der Waals surface area contributed by atoms with Gasteiger partial charge in [-0.1, -0.05) is 19.8 Å². The van der Waals surface area contributed by atoms with Crippen molar-refractivity contribution in [3.05, 3.63) is 27.4 Å². The Labute approximate surface area is 119 Å². The summed E-state index contributed by atoms with van der Waals surface area (Å²) >= 11 is 0. The highest BCUT2D eigenvalue weighted by atomic mass is 16.2. The molecule has 0 spiro atoms. The lowest BCUT2D eigenvalue weighted by Crippen LogP contribution is -2.39. The van der Waals surface area contributed by atoms with Gasteiger partial charge in [-0.3, -0.25) is 9.59 Å². The molecule has 0 aliphatic heterocycles. The molecule has 20 heavy (non-hydrogen) atoms. The molecule has 2 N–H and O–H groups in total. The van der Waals surface area contributed by atoms with Crippen LogP contribution in [0.2, 0.25) is 0 Å². The number of rotatable bonds is 3. The van der Waals surface area contributed by atoms with Crippen LogP contribution in [-0.4, -0.2) is 21.9 Å². The zero-order valence-corrected chi connectivity index (χ0v) is 12.5. The van der Waals surface area contributed by atoms with E-state index in [4.69, 9.17) is 0 Å². The summed E-state index contributed by atoms with van der Waals surface area (Å²) < 4.78 is 0. The van der Waals surface area contributed by atoms with E-state index >= 15 is 0 Å². The van der Waals surface area contributed by atoms with Crippen molar-refractivity contribution in [1.82, 2.24) is 15.3 Å². The first-order chi connectivity index (χ1) is 9.45. The van der Waals surface area contributed by atoms with Crippen molar-refractivity contribution in [3.8, 4) is 0 Å². The molecule has 0 aromatic carbocycles. The summed E-state index contributed by atoms with van der Waals surface area (Å²) in [5, 5.41) is 3.05. The van der Waals surface area contributed by atoms with Crippen molar-refractivity contribution in [1.29, 1.82) is 0 Å². The van der Waals surface area contributed by atoms with Crippen LogP contribution >= 0.6 is 0 Å². The summed E-state index contributed by atoms with van der Waals surface area (Å²) in [7, 11) is 0. The Morgan fingerprint density at radius 3 is 2.80 bits per heavy atom. The van der Waals surface area contributed by atoms with Crippen molar-refractivity contribution in [3.63, 3.8) is 0 Å². The van der Waals surface area contributed by atoms with Crippen LogP contribution in [0.4, 0.5) is 0 Å². The summed E-state index contributed by atoms with van der Waals surface area (Å²) in [5.41, 5.74) is 0.900. The number of H-pyrrole nitrogens is 1. The van der Waals surface area contributed by atoms with Crippen LogP contribution < -0.4 is 10.9 Å². The van der Waals surface area contributed by atoms with Crippen molar-refractivity contribution in [2.45, 2.75) is 58.9 Å². The van der Waals surface area contributed by atoms with Gasteiger partial charge >= 0.3 is 0 Å². The summed E-state index contributed by atoms with van der Waals surface area (Å²) in [6.45, 7) is 5.73. The maximum absolute atomic E-state index is 12.1. The minimum Gasteiger partial charge on any atom is -0.353 e. The number of aromatic amines is 1. The Bertz CT molecular complexity index is 551. The average molecular weight is 277 g/mol. The molecule has 0 unspecified atom stereocenters. The van der Waals surface area contributed by atoms with Crippen LogP contribution in [-0.2, 0) is 11.2 Å². The van der Waals surface area contributed by atoms with Crippen LogP contribution in [0.3, 0.4) is 0 Å². The Morgan fingerprint density at radius 1 is 1.40 bits per heavy atom. The highest BCUT2D eigenvalue weighted by molar-refractivity contribution is 5.79. The van der Waals surface area contributed by atoms with Gasteiger partial charge in [-0.05, 0) is 32.6 Å². The molecule has 5 heteroatoms. The highest BCUT2D eigenvalue weighted by Crippen LogP contribution is 2.23. The fraction of sp³-hybridized carbons (Fsp3) is 0.667. The molecule has 0 bridgehead atoms. The van der Waals surface area contributed by atoms with Gasteiger partial charge in [0.15, 0.2) is 0 Å². The molecule has 110 valence electrons. The van der Waals surface area contributed by atoms with Crippen LogP contribution in [0.5, 0.6) is 0 Å². The molecule has 1 aromatic heterocycles. The van der Waals surface area contributed by atoms with Crippen LogP contribution in [0.15, 0.2) is 4.79 Å². The number of aromatic nitrogens is 2. The lowest BCUT2D eigenvalue weighted by molar-refractivity contribution is -0.121. The number of amides is 1. The summed E-state index contributed by atoms with van der Waals surface area (Å²) in [6.07, 6.45) is 4.59. The van der Waals surface area contributed by atoms with Gasteiger partial charge in [0.05, 0.1) is 6.42 Å². The SMILES string of the molecule is Cc1nc(C)c(CC(=O)N[C@@H]2CCC[C@H](C)C2)c(=O)[nH]1. The number of carbonyl (C=O) groups is 1. The van der Waals surface area contributed by atoms with E-state index in [0.717, 1.165) is 19.3 Å². The quantitative estimate of drug-likeness (QED) is 0.881. The molecule has 1 amide bonds. The van der Waals surface area contributed by atoms with Crippen molar-refractivity contribution < 1.29 is 4.79 Å². The summed E-state index contributed by atoms with van der Waals surface area (Å²) in [6, 6.07) is 0.254. The molecule has 1 fully saturated rings. The summed E-state index contributed by atoms with van der Waals surface area (Å²) in [5.74, 6) is 1.17. The van der Waals surface area contributed by atoms with Gasteiger partial charge in [0.2, 0.25) is 5.91 Å². The Kier molecular flexibility index (Phi) is 4.57. The number of nitrogens with zero attached hydrogens (tertiary/aromatic N) is 1. The molecule has 1 saturated carbocycles. The Morgan fingerprint density at radius 2 is 2.15 bits per heavy atom. The lowest BCUT2D eigenvalue weighted by Gasteiger charge is -2.27. The lowest BCUT2D eigenvalue weighted by atomic mass is 9.87. The molecule has 2 atom stereocenters. The fourth-order valence-electron chi connectivity index (χ4n) is 2.96. The Hall–Kier alpha value is -1.65. The maximum atomic E-state index is 12.1. The largest absolute Gasteiger partial charge is 0.353 e. The van der Waals surface area contributed by atoms with Gasteiger partial charge in [0, 0.05) is 17.3 Å². The number of nitrogens with one attached hydrogen (secondary N) is 2. The second kappa shape index (κ2) is 6.20. The molecule has 1 heterocycles. The van der Waals surface area contributed by atoms with Crippen LogP contribution in [0.25, 0.3) is 0 Å². The van der Waals surface area contributed by atoms with Crippen molar-refractivity contribution >= 4 is 5.91 Å². The second-order valence-electron chi connectivity index (χ2n) is 5.93. The van der Waals surface area contributed by atoms with E-state index in [-0.39, 0.29) is 23.9 Å². The third-order valence-electron chi connectivity index (χ3n) is 3.98. The second-order valence-corrected chi connectivity index (χ2v) is 5.93. The zero-order chi connectivity index (χ0) is 14.7. The van der Waals surface area contributed by atoms with Crippen LogP contribution in [0, 0.1) is 19.8 Å². The smallest absolute Gasteiger partial charge is 0.254 e. The maximum Gasteiger partial charge on any atom is 0.254 e. The monoisotopic (exact) mass is 277 g/mol. The number of hydrogen-bond donors (Lipinski definition) is 2. The minimum atomic E-state index is -0.206. The van der Waals surface area contributed by atoms with Gasteiger partial charge in [-0.2, -0.15) is 0 Å². The van der Waals surface area contributed by atoms with E-state index in [1.165, 1.54) is 6.42 Å². The topological polar surface area (TPSA) is 74.8 Å². The van der Waals surface area contributed by atoms with E-state index in [2.05, 4.69) is 22.2 Å². The molecular formula is C15H23N3O2. The Balaban J connectivity index is 2.00. The van der Waals surface area contributed by atoms with E-state index in [9.17, 15) is 9.59 Å². The molecule has 1 aliphatic carbocycles. The van der Waals surface area contributed by atoms with Crippen molar-refractivity contribution in [2.24, 2.45) is 5.92 Å². The summed E-state index contributed by atoms with van der Waals surface area (Å²) in [4.78, 5) is 30.8. The zero-order valence-electron chi connectivity index (χ0n) is 12.5. The first-order valence-electron chi connectivity index (χ1n) is 7.31. The van der Waals surface area contributed by atoms with Gasteiger partial charge < -0.3 is 10.3 Å². The first-order valence-corrected chi connectivity index (χ1v) is 7.31.